The predicted octanol–water partition coefficient (Wildman–Crippen LogP) is 5.71. The molecule has 3 aromatic carbocycles. The molecule has 0 unspecified atom stereocenters. The van der Waals surface area contributed by atoms with E-state index in [1.165, 1.54) is 7.11 Å². The number of para-hydroxylation sites is 1. The normalized spacial score (nSPS) is 10.9. The molecule has 7 nitrogen and oxygen atoms in total. The van der Waals surface area contributed by atoms with Gasteiger partial charge < -0.3 is 18.8 Å². The number of methoxy groups -OCH3 is 1. The highest BCUT2D eigenvalue weighted by atomic mass is 16.5. The van der Waals surface area contributed by atoms with Crippen molar-refractivity contribution in [2.75, 3.05) is 13.7 Å². The Bertz CT molecular complexity index is 1390. The largest absolute Gasteiger partial charge is 0.486 e. The van der Waals surface area contributed by atoms with Crippen molar-refractivity contribution in [2.24, 2.45) is 5.92 Å². The fourth-order valence-corrected chi connectivity index (χ4v) is 3.81. The number of nitrogens with zero attached hydrogens (tertiary/aromatic N) is 1. The molecule has 0 aliphatic carbocycles. The Hall–Kier alpha value is -4.39. The zero-order valence-corrected chi connectivity index (χ0v) is 20.4. The van der Waals surface area contributed by atoms with Gasteiger partial charge in [-0.2, -0.15) is 0 Å². The van der Waals surface area contributed by atoms with E-state index in [2.05, 4.69) is 0 Å². The molecule has 0 aliphatic heterocycles. The number of ketones is 2. The van der Waals surface area contributed by atoms with Gasteiger partial charge in [0, 0.05) is 28.6 Å². The van der Waals surface area contributed by atoms with E-state index in [1.54, 1.807) is 53.2 Å². The maximum atomic E-state index is 12.8. The lowest BCUT2D eigenvalue weighted by Gasteiger charge is -2.09. The standard InChI is InChI=1S/C29H27NO6/c1-19(2)28(32)26-17-30(27-14-9-20(15-25(26)27)29(33)34-3)16-21(31)18-35-22-10-12-24(13-11-22)36-23-7-5-4-6-8-23/h4-15,17,19H,16,18H2,1-3H3. The summed E-state index contributed by atoms with van der Waals surface area (Å²) < 4.78 is 18.0. The van der Waals surface area contributed by atoms with Crippen LogP contribution in [0.3, 0.4) is 0 Å². The molecule has 0 fully saturated rings. The number of hydrogen-bond donors (Lipinski definition) is 0. The first-order chi connectivity index (χ1) is 17.4. The summed E-state index contributed by atoms with van der Waals surface area (Å²) in [5.41, 5.74) is 1.49. The molecular formula is C29H27NO6. The van der Waals surface area contributed by atoms with E-state index >= 15 is 0 Å². The first-order valence-corrected chi connectivity index (χ1v) is 11.6. The third-order valence-corrected chi connectivity index (χ3v) is 5.64. The number of rotatable bonds is 10. The number of carbonyl (C=O) groups excluding carboxylic acids is 3. The Kier molecular flexibility index (Phi) is 7.49. The minimum absolute atomic E-state index is 0.0225. The second kappa shape index (κ2) is 10.9. The van der Waals surface area contributed by atoms with Crippen molar-refractivity contribution < 1.29 is 28.6 Å². The van der Waals surface area contributed by atoms with Crippen molar-refractivity contribution in [2.45, 2.75) is 20.4 Å². The monoisotopic (exact) mass is 485 g/mol. The average molecular weight is 486 g/mol. The summed E-state index contributed by atoms with van der Waals surface area (Å²) in [6.07, 6.45) is 1.67. The minimum atomic E-state index is -0.489. The highest BCUT2D eigenvalue weighted by molar-refractivity contribution is 6.10. The van der Waals surface area contributed by atoms with Gasteiger partial charge in [0.05, 0.1) is 19.2 Å². The summed E-state index contributed by atoms with van der Waals surface area (Å²) in [4.78, 5) is 37.6. The Morgan fingerprint density at radius 1 is 0.861 bits per heavy atom. The topological polar surface area (TPSA) is 83.8 Å². The summed E-state index contributed by atoms with van der Waals surface area (Å²) in [5.74, 6) is 0.969. The van der Waals surface area contributed by atoms with Crippen molar-refractivity contribution in [1.82, 2.24) is 4.57 Å². The lowest BCUT2D eigenvalue weighted by atomic mass is 10.00. The van der Waals surface area contributed by atoms with Gasteiger partial charge in [0.2, 0.25) is 0 Å². The van der Waals surface area contributed by atoms with E-state index in [4.69, 9.17) is 14.2 Å². The summed E-state index contributed by atoms with van der Waals surface area (Å²) in [7, 11) is 1.31. The summed E-state index contributed by atoms with van der Waals surface area (Å²) in [5, 5.41) is 0.610. The van der Waals surface area contributed by atoms with Gasteiger partial charge in [-0.1, -0.05) is 32.0 Å². The second-order valence-corrected chi connectivity index (χ2v) is 8.63. The Balaban J connectivity index is 1.45. The predicted molar refractivity (Wildman–Crippen MR) is 136 cm³/mol. The third kappa shape index (κ3) is 5.63. The van der Waals surface area contributed by atoms with Gasteiger partial charge in [0.25, 0.3) is 0 Å². The summed E-state index contributed by atoms with van der Waals surface area (Å²) in [6.45, 7) is 3.51. The van der Waals surface area contributed by atoms with Gasteiger partial charge >= 0.3 is 5.97 Å². The van der Waals surface area contributed by atoms with Crippen LogP contribution in [-0.4, -0.2) is 35.8 Å². The van der Waals surface area contributed by atoms with Crippen LogP contribution in [0.1, 0.15) is 34.6 Å². The van der Waals surface area contributed by atoms with Gasteiger partial charge in [-0.15, -0.1) is 0 Å². The molecule has 0 saturated carbocycles. The van der Waals surface area contributed by atoms with Crippen LogP contribution in [0.2, 0.25) is 0 Å². The fraction of sp³-hybridized carbons (Fsp3) is 0.207. The quantitative estimate of drug-likeness (QED) is 0.211. The highest BCUT2D eigenvalue weighted by Crippen LogP contribution is 2.26. The van der Waals surface area contributed by atoms with Crippen molar-refractivity contribution in [3.05, 3.63) is 90.1 Å². The third-order valence-electron chi connectivity index (χ3n) is 5.64. The molecule has 36 heavy (non-hydrogen) atoms. The number of hydrogen-bond acceptors (Lipinski definition) is 6. The van der Waals surface area contributed by atoms with Crippen LogP contribution in [0.5, 0.6) is 17.2 Å². The molecule has 0 amide bonds. The number of Topliss-reactive ketones (excluding diaryl/α,β-unsaturated/α-hetero) is 2. The van der Waals surface area contributed by atoms with Gasteiger partial charge in [0.15, 0.2) is 11.6 Å². The van der Waals surface area contributed by atoms with E-state index in [-0.39, 0.29) is 30.6 Å². The van der Waals surface area contributed by atoms with Crippen LogP contribution in [0.25, 0.3) is 10.9 Å². The van der Waals surface area contributed by atoms with Crippen LogP contribution in [0, 0.1) is 5.92 Å². The maximum absolute atomic E-state index is 12.8. The van der Waals surface area contributed by atoms with E-state index in [1.807, 2.05) is 44.2 Å². The molecule has 0 spiro atoms. The molecule has 7 heteroatoms. The van der Waals surface area contributed by atoms with Gasteiger partial charge in [-0.05, 0) is 54.6 Å². The van der Waals surface area contributed by atoms with Crippen molar-refractivity contribution in [3.63, 3.8) is 0 Å². The van der Waals surface area contributed by atoms with Crippen molar-refractivity contribution in [3.8, 4) is 17.2 Å². The molecule has 4 rings (SSSR count). The molecule has 0 radical (unpaired) electrons. The average Bonchev–Trinajstić information content (AvgIpc) is 3.25. The SMILES string of the molecule is COC(=O)c1ccc2c(c1)c(C(=O)C(C)C)cn2CC(=O)COc1ccc(Oc2ccccc2)cc1. The molecular weight excluding hydrogens is 458 g/mol. The van der Waals surface area contributed by atoms with Crippen LogP contribution in [0.4, 0.5) is 0 Å². The number of carbonyl (C=O) groups is 3. The van der Waals surface area contributed by atoms with Gasteiger partial charge in [-0.3, -0.25) is 9.59 Å². The van der Waals surface area contributed by atoms with E-state index in [0.29, 0.717) is 33.5 Å². The highest BCUT2D eigenvalue weighted by Gasteiger charge is 2.20. The molecule has 4 aromatic rings. The lowest BCUT2D eigenvalue weighted by molar-refractivity contribution is -0.121. The van der Waals surface area contributed by atoms with Gasteiger partial charge in [-0.25, -0.2) is 4.79 Å². The Morgan fingerprint density at radius 3 is 2.19 bits per heavy atom. The minimum Gasteiger partial charge on any atom is -0.486 e. The van der Waals surface area contributed by atoms with E-state index < -0.39 is 5.97 Å². The first-order valence-electron chi connectivity index (χ1n) is 11.6. The molecule has 0 saturated heterocycles. The van der Waals surface area contributed by atoms with E-state index in [0.717, 1.165) is 5.75 Å². The summed E-state index contributed by atoms with van der Waals surface area (Å²) >= 11 is 0. The summed E-state index contributed by atoms with van der Waals surface area (Å²) in [6, 6.07) is 21.4. The zero-order valence-electron chi connectivity index (χ0n) is 20.4. The van der Waals surface area contributed by atoms with Crippen LogP contribution < -0.4 is 9.47 Å². The molecule has 0 aliphatic rings. The number of aromatic nitrogens is 1. The molecule has 1 heterocycles. The Labute approximate surface area is 209 Å². The van der Waals surface area contributed by atoms with Crippen LogP contribution in [-0.2, 0) is 16.1 Å². The number of fused-ring (bicyclic) bond motifs is 1. The fourth-order valence-electron chi connectivity index (χ4n) is 3.81. The smallest absolute Gasteiger partial charge is 0.337 e. The number of ether oxygens (including phenoxy) is 3. The van der Waals surface area contributed by atoms with Crippen molar-refractivity contribution in [1.29, 1.82) is 0 Å². The molecule has 0 bridgehead atoms. The lowest BCUT2D eigenvalue weighted by Crippen LogP contribution is -2.17. The zero-order chi connectivity index (χ0) is 25.7. The van der Waals surface area contributed by atoms with Crippen LogP contribution >= 0.6 is 0 Å². The molecule has 0 atom stereocenters. The number of benzene rings is 3. The first kappa shape index (κ1) is 24.7. The molecule has 184 valence electrons. The second-order valence-electron chi connectivity index (χ2n) is 8.63. The van der Waals surface area contributed by atoms with Crippen LogP contribution in [0.15, 0.2) is 79.0 Å². The molecule has 0 N–H and O–H groups in total. The van der Waals surface area contributed by atoms with E-state index in [9.17, 15) is 14.4 Å². The molecule has 1 aromatic heterocycles. The maximum Gasteiger partial charge on any atom is 0.337 e. The van der Waals surface area contributed by atoms with Crippen molar-refractivity contribution >= 4 is 28.4 Å². The van der Waals surface area contributed by atoms with Gasteiger partial charge in [0.1, 0.15) is 23.9 Å². The Morgan fingerprint density at radius 2 is 1.53 bits per heavy atom. The number of esters is 1.